The molecule has 1 aromatic rings. The van der Waals surface area contributed by atoms with Crippen LogP contribution in [-0.4, -0.2) is 68.9 Å². The summed E-state index contributed by atoms with van der Waals surface area (Å²) >= 11 is 0. The summed E-state index contributed by atoms with van der Waals surface area (Å²) in [7, 11) is -2.03. The van der Waals surface area contributed by atoms with E-state index in [0.29, 0.717) is 44.8 Å². The minimum Gasteiger partial charge on any atom is -0.497 e. The number of hydrogen-bond acceptors (Lipinski definition) is 6. The van der Waals surface area contributed by atoms with Crippen molar-refractivity contribution in [2.24, 2.45) is 0 Å². The zero-order valence-corrected chi connectivity index (χ0v) is 16.9. The van der Waals surface area contributed by atoms with Gasteiger partial charge >= 0.3 is 0 Å². The van der Waals surface area contributed by atoms with Gasteiger partial charge in [-0.15, -0.1) is 0 Å². The average Bonchev–Trinajstić information content (AvgIpc) is 3.17. The molecule has 0 radical (unpaired) electrons. The van der Waals surface area contributed by atoms with Crippen LogP contribution in [0.2, 0.25) is 0 Å². The predicted molar refractivity (Wildman–Crippen MR) is 103 cm³/mol. The van der Waals surface area contributed by atoms with Gasteiger partial charge in [0, 0.05) is 26.2 Å². The number of nitrogens with zero attached hydrogens (tertiary/aromatic N) is 3. The lowest BCUT2D eigenvalue weighted by Crippen LogP contribution is -2.53. The molecule has 1 saturated carbocycles. The molecule has 9 heteroatoms. The van der Waals surface area contributed by atoms with E-state index in [-0.39, 0.29) is 17.3 Å². The number of nitriles is 1. The average molecular weight is 407 g/mol. The smallest absolute Gasteiger partial charge is 0.243 e. The lowest BCUT2D eigenvalue weighted by molar-refractivity contribution is -0.123. The van der Waals surface area contributed by atoms with Gasteiger partial charge in [-0.1, -0.05) is 0 Å². The van der Waals surface area contributed by atoms with Crippen molar-refractivity contribution < 1.29 is 17.9 Å². The van der Waals surface area contributed by atoms with Crippen molar-refractivity contribution in [2.75, 3.05) is 39.8 Å². The maximum absolute atomic E-state index is 12.8. The third-order valence-electron chi connectivity index (χ3n) is 5.45. The van der Waals surface area contributed by atoms with Crippen molar-refractivity contribution in [3.05, 3.63) is 24.3 Å². The fourth-order valence-corrected chi connectivity index (χ4v) is 5.20. The number of carbonyl (C=O) groups is 1. The second-order valence-corrected chi connectivity index (χ2v) is 9.24. The molecule has 0 unspecified atom stereocenters. The van der Waals surface area contributed by atoms with Crippen LogP contribution in [0.1, 0.15) is 25.7 Å². The maximum Gasteiger partial charge on any atom is 0.243 e. The van der Waals surface area contributed by atoms with Crippen molar-refractivity contribution in [3.8, 4) is 11.8 Å². The first-order valence-corrected chi connectivity index (χ1v) is 10.9. The molecule has 8 nitrogen and oxygen atoms in total. The fraction of sp³-hybridized carbons (Fsp3) is 0.579. The number of benzene rings is 1. The summed E-state index contributed by atoms with van der Waals surface area (Å²) < 4.78 is 32.1. The van der Waals surface area contributed by atoms with Crippen LogP contribution >= 0.6 is 0 Å². The van der Waals surface area contributed by atoms with Crippen LogP contribution in [0.3, 0.4) is 0 Å². The number of sulfonamides is 1. The largest absolute Gasteiger partial charge is 0.497 e. The van der Waals surface area contributed by atoms with Crippen molar-refractivity contribution in [3.63, 3.8) is 0 Å². The summed E-state index contributed by atoms with van der Waals surface area (Å²) in [6.45, 7) is 1.78. The van der Waals surface area contributed by atoms with Crippen LogP contribution in [0.5, 0.6) is 5.75 Å². The number of hydrogen-bond donors (Lipinski definition) is 1. The first-order valence-electron chi connectivity index (χ1n) is 9.47. The Balaban J connectivity index is 1.53. The Morgan fingerprint density at radius 3 is 2.32 bits per heavy atom. The van der Waals surface area contributed by atoms with Gasteiger partial charge in [0.05, 0.1) is 24.6 Å². The van der Waals surface area contributed by atoms with Crippen LogP contribution in [0, 0.1) is 11.3 Å². The summed E-state index contributed by atoms with van der Waals surface area (Å²) in [5.74, 6) is 0.432. The highest BCUT2D eigenvalue weighted by molar-refractivity contribution is 7.89. The number of ether oxygens (including phenoxy) is 1. The van der Waals surface area contributed by atoms with E-state index >= 15 is 0 Å². The van der Waals surface area contributed by atoms with Crippen molar-refractivity contribution in [1.82, 2.24) is 14.5 Å². The Labute approximate surface area is 166 Å². The van der Waals surface area contributed by atoms with Crippen LogP contribution in [-0.2, 0) is 14.8 Å². The number of nitrogens with one attached hydrogen (secondary N) is 1. The minimum atomic E-state index is -3.56. The second kappa shape index (κ2) is 8.47. The number of methoxy groups -OCH3 is 1. The molecule has 2 aliphatic rings. The Bertz CT molecular complexity index is 834. The highest BCUT2D eigenvalue weighted by Crippen LogP contribution is 2.28. The van der Waals surface area contributed by atoms with E-state index in [4.69, 9.17) is 4.74 Å². The molecule has 0 atom stereocenters. The van der Waals surface area contributed by atoms with Crippen LogP contribution in [0.15, 0.2) is 29.2 Å². The summed E-state index contributed by atoms with van der Waals surface area (Å²) in [5.41, 5.74) is -0.726. The first kappa shape index (κ1) is 20.6. The number of piperazine rings is 1. The van der Waals surface area contributed by atoms with E-state index < -0.39 is 15.6 Å². The lowest BCUT2D eigenvalue weighted by atomic mass is 10.00. The molecular formula is C19H26N4O4S. The van der Waals surface area contributed by atoms with Gasteiger partial charge in [0.25, 0.3) is 0 Å². The van der Waals surface area contributed by atoms with Gasteiger partial charge in [-0.3, -0.25) is 9.69 Å². The third kappa shape index (κ3) is 4.46. The van der Waals surface area contributed by atoms with Crippen LogP contribution in [0.25, 0.3) is 0 Å². The molecule has 1 saturated heterocycles. The van der Waals surface area contributed by atoms with Gasteiger partial charge < -0.3 is 10.1 Å². The van der Waals surface area contributed by atoms with Gasteiger partial charge in [-0.05, 0) is 49.9 Å². The van der Waals surface area contributed by atoms with E-state index in [9.17, 15) is 18.5 Å². The van der Waals surface area contributed by atoms with Gasteiger partial charge in [-0.25, -0.2) is 8.42 Å². The molecule has 2 fully saturated rings. The second-order valence-electron chi connectivity index (χ2n) is 7.30. The number of amides is 1. The zero-order chi connectivity index (χ0) is 20.2. The SMILES string of the molecule is COc1ccc(S(=O)(=O)N2CCN(CC(=O)NC3(C#N)CCCC3)CC2)cc1. The molecule has 0 spiro atoms. The van der Waals surface area contributed by atoms with E-state index in [1.807, 2.05) is 4.90 Å². The van der Waals surface area contributed by atoms with Crippen molar-refractivity contribution >= 4 is 15.9 Å². The molecule has 1 aliphatic heterocycles. The maximum atomic E-state index is 12.8. The summed E-state index contributed by atoms with van der Waals surface area (Å²) in [6, 6.07) is 8.58. The molecule has 1 heterocycles. The lowest BCUT2D eigenvalue weighted by Gasteiger charge is -2.34. The van der Waals surface area contributed by atoms with E-state index in [2.05, 4.69) is 11.4 Å². The summed E-state index contributed by atoms with van der Waals surface area (Å²) in [4.78, 5) is 14.5. The molecule has 0 aromatic heterocycles. The molecule has 1 aliphatic carbocycles. The van der Waals surface area contributed by atoms with Gasteiger partial charge in [-0.2, -0.15) is 9.57 Å². The molecule has 0 bridgehead atoms. The minimum absolute atomic E-state index is 0.171. The van der Waals surface area contributed by atoms with E-state index in [1.165, 1.54) is 23.5 Å². The normalized spacial score (nSPS) is 20.4. The summed E-state index contributed by atoms with van der Waals surface area (Å²) in [6.07, 6.45) is 3.30. The van der Waals surface area contributed by atoms with Gasteiger partial charge in [0.1, 0.15) is 11.3 Å². The first-order chi connectivity index (χ1) is 13.4. The van der Waals surface area contributed by atoms with Gasteiger partial charge in [0.15, 0.2) is 0 Å². The topological polar surface area (TPSA) is 103 Å². The fourth-order valence-electron chi connectivity index (χ4n) is 3.78. The standard InChI is InChI=1S/C19H26N4O4S/c1-27-16-4-6-17(7-5-16)28(25,26)23-12-10-22(11-13-23)14-18(24)21-19(15-20)8-2-3-9-19/h4-7H,2-3,8-14H2,1H3,(H,21,24). The van der Waals surface area contributed by atoms with Crippen molar-refractivity contribution in [1.29, 1.82) is 5.26 Å². The molecule has 3 rings (SSSR count). The van der Waals surface area contributed by atoms with Crippen molar-refractivity contribution in [2.45, 2.75) is 36.1 Å². The highest BCUT2D eigenvalue weighted by Gasteiger charge is 2.36. The zero-order valence-electron chi connectivity index (χ0n) is 16.1. The summed E-state index contributed by atoms with van der Waals surface area (Å²) in [5, 5.41) is 12.3. The van der Waals surface area contributed by atoms with E-state index in [1.54, 1.807) is 12.1 Å². The number of carbonyl (C=O) groups excluding carboxylic acids is 1. The molecule has 28 heavy (non-hydrogen) atoms. The number of rotatable bonds is 6. The molecule has 152 valence electrons. The molecule has 1 aromatic carbocycles. The Morgan fingerprint density at radius 1 is 1.18 bits per heavy atom. The Morgan fingerprint density at radius 2 is 1.79 bits per heavy atom. The predicted octanol–water partition coefficient (Wildman–Crippen LogP) is 0.954. The Kier molecular flexibility index (Phi) is 6.23. The molecule has 1 amide bonds. The van der Waals surface area contributed by atoms with Crippen LogP contribution < -0.4 is 10.1 Å². The van der Waals surface area contributed by atoms with Gasteiger partial charge in [0.2, 0.25) is 15.9 Å². The monoisotopic (exact) mass is 406 g/mol. The van der Waals surface area contributed by atoms with Crippen LogP contribution in [0.4, 0.5) is 0 Å². The third-order valence-corrected chi connectivity index (χ3v) is 7.36. The molecular weight excluding hydrogens is 380 g/mol. The quantitative estimate of drug-likeness (QED) is 0.755. The van der Waals surface area contributed by atoms with E-state index in [0.717, 1.165) is 12.8 Å². The Hall–Kier alpha value is -2.15. The molecule has 1 N–H and O–H groups in total. The highest BCUT2D eigenvalue weighted by atomic mass is 32.2.